The standard InChI is InChI=1S/C20H21Cl3N2O2/c21-20(22,23)16-4-1-3-15(11-16)13-27-17-8-6-14(7-9-17)12-25-10-2-5-18(25)19(24)26/h1,3-4,6-9,11,18H,2,5,10,12-13H2,(H2,24,26)/t18-/m0/s1. The molecule has 1 aliphatic rings. The van der Waals surface area contributed by atoms with Gasteiger partial charge in [0.25, 0.3) is 0 Å². The summed E-state index contributed by atoms with van der Waals surface area (Å²) < 4.78 is 4.38. The van der Waals surface area contributed by atoms with Gasteiger partial charge < -0.3 is 10.5 Å². The van der Waals surface area contributed by atoms with Crippen LogP contribution in [0.2, 0.25) is 0 Å². The minimum atomic E-state index is -1.45. The number of hydrogen-bond acceptors (Lipinski definition) is 3. The lowest BCUT2D eigenvalue weighted by Crippen LogP contribution is -2.39. The summed E-state index contributed by atoms with van der Waals surface area (Å²) in [6.07, 6.45) is 1.84. The number of carbonyl (C=O) groups excluding carboxylic acids is 1. The van der Waals surface area contributed by atoms with Crippen LogP contribution in [0.4, 0.5) is 0 Å². The largest absolute Gasteiger partial charge is 0.489 e. The van der Waals surface area contributed by atoms with E-state index in [1.54, 1.807) is 6.07 Å². The predicted molar refractivity (Wildman–Crippen MR) is 109 cm³/mol. The average molecular weight is 428 g/mol. The zero-order valence-electron chi connectivity index (χ0n) is 14.7. The maximum Gasteiger partial charge on any atom is 0.234 e. The fraction of sp³-hybridized carbons (Fsp3) is 0.350. The van der Waals surface area contributed by atoms with E-state index in [2.05, 4.69) is 4.90 Å². The maximum absolute atomic E-state index is 11.5. The molecule has 1 heterocycles. The van der Waals surface area contributed by atoms with E-state index in [-0.39, 0.29) is 11.9 Å². The Morgan fingerprint density at radius 1 is 1.15 bits per heavy atom. The first kappa shape index (κ1) is 20.3. The van der Waals surface area contributed by atoms with Gasteiger partial charge in [0.2, 0.25) is 9.70 Å². The molecule has 0 unspecified atom stereocenters. The van der Waals surface area contributed by atoms with Gasteiger partial charge in [-0.3, -0.25) is 9.69 Å². The number of nitrogens with two attached hydrogens (primary N) is 1. The molecule has 2 aromatic carbocycles. The molecule has 7 heteroatoms. The molecule has 0 aliphatic carbocycles. The van der Waals surface area contributed by atoms with Crippen molar-refractivity contribution in [3.8, 4) is 5.75 Å². The van der Waals surface area contributed by atoms with Crippen LogP contribution in [0.1, 0.15) is 29.5 Å². The average Bonchev–Trinajstić information content (AvgIpc) is 3.09. The third kappa shape index (κ3) is 5.52. The van der Waals surface area contributed by atoms with Crippen LogP contribution in [0, 0.1) is 0 Å². The summed E-state index contributed by atoms with van der Waals surface area (Å²) in [5.74, 6) is 0.510. The quantitative estimate of drug-likeness (QED) is 0.689. The Morgan fingerprint density at radius 3 is 2.56 bits per heavy atom. The Hall–Kier alpha value is -1.46. The van der Waals surface area contributed by atoms with Crippen molar-refractivity contribution in [3.05, 3.63) is 65.2 Å². The second kappa shape index (κ2) is 8.70. The molecule has 0 bridgehead atoms. The molecule has 0 spiro atoms. The molecule has 4 nitrogen and oxygen atoms in total. The molecule has 1 saturated heterocycles. The van der Waals surface area contributed by atoms with Crippen LogP contribution in [-0.2, 0) is 21.7 Å². The van der Waals surface area contributed by atoms with E-state index >= 15 is 0 Å². The highest BCUT2D eigenvalue weighted by atomic mass is 35.6. The number of benzene rings is 2. The summed E-state index contributed by atoms with van der Waals surface area (Å²) >= 11 is 17.8. The molecule has 0 saturated carbocycles. The molecule has 0 aromatic heterocycles. The van der Waals surface area contributed by atoms with E-state index in [4.69, 9.17) is 45.3 Å². The van der Waals surface area contributed by atoms with Gasteiger partial charge in [-0.1, -0.05) is 65.1 Å². The minimum Gasteiger partial charge on any atom is -0.489 e. The van der Waals surface area contributed by atoms with Gasteiger partial charge in [0.05, 0.1) is 6.04 Å². The molecule has 1 atom stereocenters. The van der Waals surface area contributed by atoms with Crippen LogP contribution in [0.15, 0.2) is 48.5 Å². The number of rotatable bonds is 6. The topological polar surface area (TPSA) is 55.6 Å². The van der Waals surface area contributed by atoms with Gasteiger partial charge in [0, 0.05) is 12.1 Å². The smallest absolute Gasteiger partial charge is 0.234 e. The van der Waals surface area contributed by atoms with E-state index in [9.17, 15) is 4.79 Å². The SMILES string of the molecule is NC(=O)[C@@H]1CCCN1Cc1ccc(OCc2cccc(C(Cl)(Cl)Cl)c2)cc1. The first-order valence-electron chi connectivity index (χ1n) is 8.74. The lowest BCUT2D eigenvalue weighted by atomic mass is 10.1. The lowest BCUT2D eigenvalue weighted by molar-refractivity contribution is -0.122. The number of likely N-dealkylation sites (tertiary alicyclic amines) is 1. The molecule has 3 rings (SSSR count). The zero-order valence-corrected chi connectivity index (χ0v) is 17.0. The fourth-order valence-electron chi connectivity index (χ4n) is 3.27. The number of primary amides is 1. The second-order valence-electron chi connectivity index (χ2n) is 6.66. The molecule has 1 fully saturated rings. The summed E-state index contributed by atoms with van der Waals surface area (Å²) in [5, 5.41) is 0. The van der Waals surface area contributed by atoms with Crippen molar-refractivity contribution < 1.29 is 9.53 Å². The highest BCUT2D eigenvalue weighted by molar-refractivity contribution is 6.66. The van der Waals surface area contributed by atoms with Crippen molar-refractivity contribution >= 4 is 40.7 Å². The monoisotopic (exact) mass is 426 g/mol. The molecule has 27 heavy (non-hydrogen) atoms. The minimum absolute atomic E-state index is 0.161. The van der Waals surface area contributed by atoms with Crippen LogP contribution in [0.3, 0.4) is 0 Å². The van der Waals surface area contributed by atoms with Crippen LogP contribution in [-0.4, -0.2) is 23.4 Å². The molecular weight excluding hydrogens is 407 g/mol. The van der Waals surface area contributed by atoms with Crippen molar-refractivity contribution in [1.29, 1.82) is 0 Å². The Balaban J connectivity index is 1.57. The predicted octanol–water partition coefficient (Wildman–Crippen LogP) is 4.54. The van der Waals surface area contributed by atoms with Gasteiger partial charge in [0.15, 0.2) is 0 Å². The first-order chi connectivity index (χ1) is 12.8. The van der Waals surface area contributed by atoms with Gasteiger partial charge in [-0.25, -0.2) is 0 Å². The van der Waals surface area contributed by atoms with Crippen molar-refractivity contribution in [2.24, 2.45) is 5.73 Å². The number of nitrogens with zero attached hydrogens (tertiary/aromatic N) is 1. The van der Waals surface area contributed by atoms with E-state index in [0.29, 0.717) is 18.7 Å². The van der Waals surface area contributed by atoms with Crippen LogP contribution < -0.4 is 10.5 Å². The third-order valence-electron chi connectivity index (χ3n) is 4.66. The van der Waals surface area contributed by atoms with Crippen molar-refractivity contribution in [2.75, 3.05) is 6.54 Å². The van der Waals surface area contributed by atoms with Crippen LogP contribution in [0.25, 0.3) is 0 Å². The lowest BCUT2D eigenvalue weighted by Gasteiger charge is -2.21. The maximum atomic E-state index is 11.5. The number of ether oxygens (including phenoxy) is 1. The summed E-state index contributed by atoms with van der Waals surface area (Å²) in [5.41, 5.74) is 8.12. The van der Waals surface area contributed by atoms with E-state index < -0.39 is 3.79 Å². The van der Waals surface area contributed by atoms with E-state index in [1.165, 1.54) is 0 Å². The van der Waals surface area contributed by atoms with Gasteiger partial charge in [-0.2, -0.15) is 0 Å². The van der Waals surface area contributed by atoms with E-state index in [1.807, 2.05) is 42.5 Å². The number of alkyl halides is 3. The van der Waals surface area contributed by atoms with Crippen LogP contribution in [0.5, 0.6) is 5.75 Å². The Kier molecular flexibility index (Phi) is 6.53. The second-order valence-corrected chi connectivity index (χ2v) is 8.94. The molecule has 2 N–H and O–H groups in total. The summed E-state index contributed by atoms with van der Waals surface area (Å²) in [4.78, 5) is 13.6. The number of carbonyl (C=O) groups is 1. The van der Waals surface area contributed by atoms with E-state index in [0.717, 1.165) is 36.3 Å². The highest BCUT2D eigenvalue weighted by Crippen LogP contribution is 2.38. The van der Waals surface area contributed by atoms with Crippen molar-refractivity contribution in [1.82, 2.24) is 4.90 Å². The Morgan fingerprint density at radius 2 is 1.89 bits per heavy atom. The van der Waals surface area contributed by atoms with Gasteiger partial charge in [-0.05, 0) is 48.7 Å². The molecular formula is C20H21Cl3N2O2. The van der Waals surface area contributed by atoms with Gasteiger partial charge in [0.1, 0.15) is 12.4 Å². The number of hydrogen-bond donors (Lipinski definition) is 1. The molecule has 1 aliphatic heterocycles. The van der Waals surface area contributed by atoms with Crippen molar-refractivity contribution in [3.63, 3.8) is 0 Å². The number of halogens is 3. The molecule has 2 aromatic rings. The Bertz CT molecular complexity index is 791. The normalized spacial score (nSPS) is 17.8. The van der Waals surface area contributed by atoms with Gasteiger partial charge >= 0.3 is 0 Å². The molecule has 0 radical (unpaired) electrons. The van der Waals surface area contributed by atoms with Crippen LogP contribution >= 0.6 is 34.8 Å². The molecule has 144 valence electrons. The fourth-order valence-corrected chi connectivity index (χ4v) is 3.62. The third-order valence-corrected chi connectivity index (χ3v) is 5.32. The summed E-state index contributed by atoms with van der Waals surface area (Å²) in [7, 11) is 0. The van der Waals surface area contributed by atoms with Gasteiger partial charge in [-0.15, -0.1) is 0 Å². The summed E-state index contributed by atoms with van der Waals surface area (Å²) in [6, 6.07) is 15.0. The summed E-state index contributed by atoms with van der Waals surface area (Å²) in [6.45, 7) is 1.98. The zero-order chi connectivity index (χ0) is 19.4. The number of amides is 1. The highest BCUT2D eigenvalue weighted by Gasteiger charge is 2.28. The van der Waals surface area contributed by atoms with Crippen molar-refractivity contribution in [2.45, 2.75) is 35.8 Å². The Labute approximate surface area is 174 Å². The first-order valence-corrected chi connectivity index (χ1v) is 9.87. The molecule has 1 amide bonds.